The SMILES string of the molecule is CN1C(=O)CC(C(=O)NCc2ccccc2)C1c1ccc(F)cc1. The molecule has 1 heterocycles. The summed E-state index contributed by atoms with van der Waals surface area (Å²) in [5, 5.41) is 2.90. The molecule has 2 unspecified atom stereocenters. The van der Waals surface area contributed by atoms with Gasteiger partial charge in [-0.1, -0.05) is 42.5 Å². The van der Waals surface area contributed by atoms with Gasteiger partial charge in [0.25, 0.3) is 0 Å². The number of halogens is 1. The minimum atomic E-state index is -0.475. The van der Waals surface area contributed by atoms with E-state index in [9.17, 15) is 14.0 Å². The molecule has 24 heavy (non-hydrogen) atoms. The zero-order valence-corrected chi connectivity index (χ0v) is 13.4. The quantitative estimate of drug-likeness (QED) is 0.939. The molecule has 0 spiro atoms. The van der Waals surface area contributed by atoms with Crippen molar-refractivity contribution in [3.8, 4) is 0 Å². The van der Waals surface area contributed by atoms with Crippen molar-refractivity contribution in [2.45, 2.75) is 19.0 Å². The van der Waals surface area contributed by atoms with Crippen LogP contribution >= 0.6 is 0 Å². The molecule has 1 fully saturated rings. The van der Waals surface area contributed by atoms with E-state index in [0.717, 1.165) is 11.1 Å². The standard InChI is InChI=1S/C19H19FN2O2/c1-22-17(23)11-16(18(22)14-7-9-15(20)10-8-14)19(24)21-12-13-5-3-2-4-6-13/h2-10,16,18H,11-12H2,1H3,(H,21,24). The number of hydrogen-bond acceptors (Lipinski definition) is 2. The fourth-order valence-electron chi connectivity index (χ4n) is 3.14. The summed E-state index contributed by atoms with van der Waals surface area (Å²) in [6.45, 7) is 0.421. The molecule has 1 aliphatic rings. The molecule has 4 nitrogen and oxygen atoms in total. The average Bonchev–Trinajstić information content (AvgIpc) is 2.90. The smallest absolute Gasteiger partial charge is 0.226 e. The molecule has 0 radical (unpaired) electrons. The third kappa shape index (κ3) is 3.30. The van der Waals surface area contributed by atoms with E-state index < -0.39 is 5.92 Å². The number of nitrogens with zero attached hydrogens (tertiary/aromatic N) is 1. The Kier molecular flexibility index (Phi) is 4.60. The van der Waals surface area contributed by atoms with Crippen molar-refractivity contribution in [3.05, 3.63) is 71.5 Å². The van der Waals surface area contributed by atoms with E-state index in [4.69, 9.17) is 0 Å². The highest BCUT2D eigenvalue weighted by Gasteiger charge is 2.42. The van der Waals surface area contributed by atoms with E-state index in [1.54, 1.807) is 24.1 Å². The number of carbonyl (C=O) groups is 2. The second kappa shape index (κ2) is 6.83. The molecular weight excluding hydrogens is 307 g/mol. The van der Waals surface area contributed by atoms with Crippen molar-refractivity contribution >= 4 is 11.8 Å². The Morgan fingerprint density at radius 3 is 2.50 bits per heavy atom. The van der Waals surface area contributed by atoms with Crippen LogP contribution in [-0.4, -0.2) is 23.8 Å². The van der Waals surface area contributed by atoms with Gasteiger partial charge >= 0.3 is 0 Å². The van der Waals surface area contributed by atoms with Crippen LogP contribution in [0.4, 0.5) is 4.39 Å². The van der Waals surface area contributed by atoms with E-state index in [1.807, 2.05) is 30.3 Å². The average molecular weight is 326 g/mol. The summed E-state index contributed by atoms with van der Waals surface area (Å²) in [6, 6.07) is 15.2. The van der Waals surface area contributed by atoms with E-state index in [2.05, 4.69) is 5.32 Å². The first-order valence-electron chi connectivity index (χ1n) is 7.89. The lowest BCUT2D eigenvalue weighted by Gasteiger charge is -2.25. The van der Waals surface area contributed by atoms with Crippen LogP contribution < -0.4 is 5.32 Å². The van der Waals surface area contributed by atoms with E-state index >= 15 is 0 Å². The number of rotatable bonds is 4. The van der Waals surface area contributed by atoms with Crippen LogP contribution in [0.3, 0.4) is 0 Å². The van der Waals surface area contributed by atoms with Crippen LogP contribution in [0.25, 0.3) is 0 Å². The van der Waals surface area contributed by atoms with Crippen molar-refractivity contribution in [3.63, 3.8) is 0 Å². The fourth-order valence-corrected chi connectivity index (χ4v) is 3.14. The molecule has 3 rings (SSSR count). The normalized spacial score (nSPS) is 20.2. The number of likely N-dealkylation sites (tertiary alicyclic amines) is 1. The van der Waals surface area contributed by atoms with E-state index in [-0.39, 0.29) is 30.1 Å². The molecule has 0 aromatic heterocycles. The summed E-state index contributed by atoms with van der Waals surface area (Å²) in [4.78, 5) is 26.3. The summed E-state index contributed by atoms with van der Waals surface area (Å²) < 4.78 is 13.2. The Morgan fingerprint density at radius 2 is 1.83 bits per heavy atom. The van der Waals surface area contributed by atoms with Crippen molar-refractivity contribution < 1.29 is 14.0 Å². The van der Waals surface area contributed by atoms with Crippen molar-refractivity contribution in [1.29, 1.82) is 0 Å². The zero-order chi connectivity index (χ0) is 17.1. The fraction of sp³-hybridized carbons (Fsp3) is 0.263. The highest BCUT2D eigenvalue weighted by atomic mass is 19.1. The molecule has 2 aromatic carbocycles. The Bertz CT molecular complexity index is 731. The van der Waals surface area contributed by atoms with Crippen LogP contribution in [0.1, 0.15) is 23.6 Å². The molecule has 0 bridgehead atoms. The minimum Gasteiger partial charge on any atom is -0.352 e. The minimum absolute atomic E-state index is 0.0795. The third-order valence-electron chi connectivity index (χ3n) is 4.44. The van der Waals surface area contributed by atoms with Crippen molar-refractivity contribution in [2.24, 2.45) is 5.92 Å². The van der Waals surface area contributed by atoms with Crippen molar-refractivity contribution in [2.75, 3.05) is 7.05 Å². The maximum absolute atomic E-state index is 13.2. The number of amides is 2. The molecule has 2 aromatic rings. The second-order valence-electron chi connectivity index (χ2n) is 6.02. The monoisotopic (exact) mass is 326 g/mol. The maximum atomic E-state index is 13.2. The first kappa shape index (κ1) is 16.2. The summed E-state index contributed by atoms with van der Waals surface area (Å²) in [7, 11) is 1.68. The Labute approximate surface area is 140 Å². The zero-order valence-electron chi connectivity index (χ0n) is 13.4. The van der Waals surface area contributed by atoms with Crippen molar-refractivity contribution in [1.82, 2.24) is 10.2 Å². The molecule has 1 aliphatic heterocycles. The van der Waals surface area contributed by atoms with Crippen LogP contribution in [0.2, 0.25) is 0 Å². The molecular formula is C19H19FN2O2. The van der Waals surface area contributed by atoms with Crippen LogP contribution in [0.5, 0.6) is 0 Å². The lowest BCUT2D eigenvalue weighted by atomic mass is 9.93. The molecule has 124 valence electrons. The van der Waals surface area contributed by atoms with Gasteiger partial charge in [-0.25, -0.2) is 4.39 Å². The second-order valence-corrected chi connectivity index (χ2v) is 6.02. The summed E-state index contributed by atoms with van der Waals surface area (Å²) in [5.74, 6) is -1.05. The van der Waals surface area contributed by atoms with Gasteiger partial charge < -0.3 is 10.2 Å². The highest BCUT2D eigenvalue weighted by Crippen LogP contribution is 2.37. The Balaban J connectivity index is 1.75. The summed E-state index contributed by atoms with van der Waals surface area (Å²) in [6.07, 6.45) is 0.166. The molecule has 1 saturated heterocycles. The Hall–Kier alpha value is -2.69. The molecule has 2 atom stereocenters. The summed E-state index contributed by atoms with van der Waals surface area (Å²) >= 11 is 0. The van der Waals surface area contributed by atoms with Gasteiger partial charge in [0.2, 0.25) is 11.8 Å². The molecule has 0 saturated carbocycles. The maximum Gasteiger partial charge on any atom is 0.226 e. The summed E-state index contributed by atoms with van der Waals surface area (Å²) in [5.41, 5.74) is 1.77. The van der Waals surface area contributed by atoms with Gasteiger partial charge in [-0.15, -0.1) is 0 Å². The molecule has 2 amide bonds. The molecule has 1 N–H and O–H groups in total. The van der Waals surface area contributed by atoms with Gasteiger partial charge in [0.15, 0.2) is 0 Å². The lowest BCUT2D eigenvalue weighted by molar-refractivity contribution is -0.128. The first-order chi connectivity index (χ1) is 11.6. The predicted molar refractivity (Wildman–Crippen MR) is 88.3 cm³/mol. The van der Waals surface area contributed by atoms with Crippen LogP contribution in [0.15, 0.2) is 54.6 Å². The van der Waals surface area contributed by atoms with Gasteiger partial charge in [0.1, 0.15) is 5.82 Å². The topological polar surface area (TPSA) is 49.4 Å². The highest BCUT2D eigenvalue weighted by molar-refractivity contribution is 5.90. The predicted octanol–water partition coefficient (Wildman–Crippen LogP) is 2.66. The number of nitrogens with one attached hydrogen (secondary N) is 1. The van der Waals surface area contributed by atoms with E-state index in [1.165, 1.54) is 12.1 Å². The first-order valence-corrected chi connectivity index (χ1v) is 7.89. The van der Waals surface area contributed by atoms with Gasteiger partial charge in [-0.2, -0.15) is 0 Å². The van der Waals surface area contributed by atoms with Gasteiger partial charge in [0, 0.05) is 20.0 Å². The lowest BCUT2D eigenvalue weighted by Crippen LogP contribution is -2.34. The van der Waals surface area contributed by atoms with Gasteiger partial charge in [-0.3, -0.25) is 9.59 Å². The van der Waals surface area contributed by atoms with Gasteiger partial charge in [0.05, 0.1) is 12.0 Å². The van der Waals surface area contributed by atoms with Crippen LogP contribution in [-0.2, 0) is 16.1 Å². The third-order valence-corrected chi connectivity index (χ3v) is 4.44. The number of benzene rings is 2. The number of hydrogen-bond donors (Lipinski definition) is 1. The Morgan fingerprint density at radius 1 is 1.17 bits per heavy atom. The molecule has 5 heteroatoms. The van der Waals surface area contributed by atoms with Gasteiger partial charge in [-0.05, 0) is 23.3 Å². The van der Waals surface area contributed by atoms with Crippen LogP contribution in [0, 0.1) is 11.7 Å². The largest absolute Gasteiger partial charge is 0.352 e. The number of carbonyl (C=O) groups excluding carboxylic acids is 2. The molecule has 0 aliphatic carbocycles. The van der Waals surface area contributed by atoms with E-state index in [0.29, 0.717) is 6.54 Å².